The highest BCUT2D eigenvalue weighted by molar-refractivity contribution is 5.73. The summed E-state index contributed by atoms with van der Waals surface area (Å²) in [4.78, 5) is 16.2. The van der Waals surface area contributed by atoms with Gasteiger partial charge in [-0.05, 0) is 30.5 Å². The smallest absolute Gasteiger partial charge is 0.315 e. The molecule has 1 fully saturated rings. The normalized spacial score (nSPS) is 17.2. The van der Waals surface area contributed by atoms with E-state index in [2.05, 4.69) is 20.7 Å². The minimum absolute atomic E-state index is 0.153. The molecule has 2 N–H and O–H groups in total. The molecule has 122 valence electrons. The highest BCUT2D eigenvalue weighted by Gasteiger charge is 2.15. The Balaban J connectivity index is 1.46. The summed E-state index contributed by atoms with van der Waals surface area (Å²) in [6.45, 7) is 1.79. The molecule has 0 saturated carbocycles. The van der Waals surface area contributed by atoms with Gasteiger partial charge in [-0.2, -0.15) is 5.10 Å². The fraction of sp³-hybridized carbons (Fsp3) is 0.438. The lowest BCUT2D eigenvalue weighted by molar-refractivity contribution is 0.111. The molecule has 0 radical (unpaired) electrons. The van der Waals surface area contributed by atoms with Crippen molar-refractivity contribution in [3.05, 3.63) is 36.2 Å². The van der Waals surface area contributed by atoms with Crippen LogP contribution in [0.3, 0.4) is 0 Å². The molecule has 2 aromatic heterocycles. The zero-order valence-electron chi connectivity index (χ0n) is 13.2. The van der Waals surface area contributed by atoms with Crippen molar-refractivity contribution in [2.45, 2.75) is 25.5 Å². The van der Waals surface area contributed by atoms with Crippen LogP contribution in [0.25, 0.3) is 11.4 Å². The van der Waals surface area contributed by atoms with E-state index in [9.17, 15) is 4.79 Å². The molecule has 1 aliphatic rings. The quantitative estimate of drug-likeness (QED) is 0.875. The van der Waals surface area contributed by atoms with Gasteiger partial charge in [-0.3, -0.25) is 9.67 Å². The lowest BCUT2D eigenvalue weighted by Crippen LogP contribution is -2.39. The van der Waals surface area contributed by atoms with E-state index in [1.165, 1.54) is 0 Å². The van der Waals surface area contributed by atoms with Crippen LogP contribution in [-0.4, -0.2) is 40.1 Å². The van der Waals surface area contributed by atoms with Gasteiger partial charge in [0.05, 0.1) is 17.5 Å². The van der Waals surface area contributed by atoms with Gasteiger partial charge in [0.15, 0.2) is 0 Å². The third-order valence-corrected chi connectivity index (χ3v) is 3.88. The zero-order valence-corrected chi connectivity index (χ0v) is 13.2. The number of carbonyl (C=O) groups excluding carboxylic acids is 1. The molecular formula is C16H21N5O2. The number of nitrogens with zero attached hydrogens (tertiary/aromatic N) is 3. The number of rotatable bonds is 5. The Bertz CT molecular complexity index is 647. The maximum absolute atomic E-state index is 11.8. The van der Waals surface area contributed by atoms with Crippen LogP contribution >= 0.6 is 0 Å². The summed E-state index contributed by atoms with van der Waals surface area (Å²) in [5.74, 6) is 0. The Hall–Kier alpha value is -2.41. The van der Waals surface area contributed by atoms with Crippen molar-refractivity contribution in [1.29, 1.82) is 0 Å². The van der Waals surface area contributed by atoms with E-state index in [1.807, 2.05) is 25.2 Å². The minimum atomic E-state index is -0.184. The van der Waals surface area contributed by atoms with Crippen LogP contribution in [0.15, 0.2) is 30.6 Å². The zero-order chi connectivity index (χ0) is 16.1. The molecule has 23 heavy (non-hydrogen) atoms. The molecule has 1 saturated heterocycles. The first-order valence-corrected chi connectivity index (χ1v) is 7.79. The summed E-state index contributed by atoms with van der Waals surface area (Å²) in [6, 6.07) is 5.61. The average molecular weight is 315 g/mol. The topological polar surface area (TPSA) is 81.1 Å². The van der Waals surface area contributed by atoms with Gasteiger partial charge < -0.3 is 15.4 Å². The predicted molar refractivity (Wildman–Crippen MR) is 85.7 cm³/mol. The number of amides is 2. The molecule has 1 atom stereocenters. The molecule has 0 aliphatic carbocycles. The van der Waals surface area contributed by atoms with Crippen molar-refractivity contribution < 1.29 is 9.53 Å². The number of aryl methyl sites for hydroxylation is 1. The summed E-state index contributed by atoms with van der Waals surface area (Å²) in [6.07, 6.45) is 5.75. The number of aromatic nitrogens is 3. The molecule has 0 bridgehead atoms. The van der Waals surface area contributed by atoms with Crippen molar-refractivity contribution in [2.24, 2.45) is 7.05 Å². The van der Waals surface area contributed by atoms with E-state index in [0.29, 0.717) is 13.1 Å². The second kappa shape index (κ2) is 7.23. The van der Waals surface area contributed by atoms with Gasteiger partial charge >= 0.3 is 6.03 Å². The van der Waals surface area contributed by atoms with Gasteiger partial charge in [0, 0.05) is 39.1 Å². The Morgan fingerprint density at radius 2 is 2.30 bits per heavy atom. The fourth-order valence-corrected chi connectivity index (χ4v) is 2.56. The Morgan fingerprint density at radius 1 is 1.39 bits per heavy atom. The van der Waals surface area contributed by atoms with Gasteiger partial charge in [0.1, 0.15) is 0 Å². The van der Waals surface area contributed by atoms with Crippen molar-refractivity contribution in [3.8, 4) is 11.4 Å². The molecule has 7 heteroatoms. The summed E-state index contributed by atoms with van der Waals surface area (Å²) in [5, 5.41) is 9.78. The molecule has 2 aromatic rings. The van der Waals surface area contributed by atoms with Gasteiger partial charge in [-0.25, -0.2) is 4.79 Å². The van der Waals surface area contributed by atoms with Crippen LogP contribution in [-0.2, 0) is 18.3 Å². The monoisotopic (exact) mass is 315 g/mol. The maximum atomic E-state index is 11.8. The van der Waals surface area contributed by atoms with Gasteiger partial charge in [0.2, 0.25) is 0 Å². The molecule has 3 rings (SSSR count). The van der Waals surface area contributed by atoms with Crippen molar-refractivity contribution >= 4 is 6.03 Å². The molecule has 0 spiro atoms. The minimum Gasteiger partial charge on any atom is -0.376 e. The number of hydrogen-bond acceptors (Lipinski definition) is 4. The second-order valence-corrected chi connectivity index (χ2v) is 5.59. The molecule has 1 aliphatic heterocycles. The van der Waals surface area contributed by atoms with Crippen molar-refractivity contribution in [3.63, 3.8) is 0 Å². The molecule has 3 heterocycles. The summed E-state index contributed by atoms with van der Waals surface area (Å²) in [7, 11) is 1.88. The van der Waals surface area contributed by atoms with E-state index in [4.69, 9.17) is 4.74 Å². The third-order valence-electron chi connectivity index (χ3n) is 3.88. The van der Waals surface area contributed by atoms with E-state index >= 15 is 0 Å². The Labute approximate surface area is 135 Å². The fourth-order valence-electron chi connectivity index (χ4n) is 2.56. The van der Waals surface area contributed by atoms with Gasteiger partial charge in [-0.1, -0.05) is 6.07 Å². The number of urea groups is 1. The Kier molecular flexibility index (Phi) is 4.87. The van der Waals surface area contributed by atoms with E-state index in [-0.39, 0.29) is 12.1 Å². The predicted octanol–water partition coefficient (Wildman–Crippen LogP) is 1.46. The molecule has 0 aromatic carbocycles. The number of pyridine rings is 1. The lowest BCUT2D eigenvalue weighted by Gasteiger charge is -2.11. The van der Waals surface area contributed by atoms with Crippen LogP contribution in [0, 0.1) is 0 Å². The summed E-state index contributed by atoms with van der Waals surface area (Å²) in [5.41, 5.74) is 2.76. The number of ether oxygens (including phenoxy) is 1. The average Bonchev–Trinajstić information content (AvgIpc) is 3.23. The van der Waals surface area contributed by atoms with Crippen molar-refractivity contribution in [1.82, 2.24) is 25.4 Å². The SMILES string of the molecule is Cn1nccc1-c1ccc(CNC(=O)NCC2CCCO2)cn1. The molecular weight excluding hydrogens is 294 g/mol. The van der Waals surface area contributed by atoms with Gasteiger partial charge in [0.25, 0.3) is 0 Å². The molecule has 2 amide bonds. The van der Waals surface area contributed by atoms with Crippen LogP contribution in [0.5, 0.6) is 0 Å². The van der Waals surface area contributed by atoms with Crippen LogP contribution in [0.4, 0.5) is 4.79 Å². The van der Waals surface area contributed by atoms with Crippen LogP contribution in [0.2, 0.25) is 0 Å². The van der Waals surface area contributed by atoms with Crippen LogP contribution in [0.1, 0.15) is 18.4 Å². The van der Waals surface area contributed by atoms with Crippen LogP contribution < -0.4 is 10.6 Å². The lowest BCUT2D eigenvalue weighted by atomic mass is 10.2. The maximum Gasteiger partial charge on any atom is 0.315 e. The standard InChI is InChI=1S/C16H21N5O2/c1-21-15(6-7-20-21)14-5-4-12(9-17-14)10-18-16(22)19-11-13-3-2-8-23-13/h4-7,9,13H,2-3,8,10-11H2,1H3,(H2,18,19,22). The van der Waals surface area contributed by atoms with E-state index < -0.39 is 0 Å². The van der Waals surface area contributed by atoms with E-state index in [0.717, 1.165) is 36.4 Å². The third kappa shape index (κ3) is 4.07. The van der Waals surface area contributed by atoms with E-state index in [1.54, 1.807) is 17.1 Å². The first-order valence-electron chi connectivity index (χ1n) is 7.79. The molecule has 1 unspecified atom stereocenters. The number of nitrogens with one attached hydrogen (secondary N) is 2. The first-order chi connectivity index (χ1) is 11.2. The summed E-state index contributed by atoms with van der Waals surface area (Å²) >= 11 is 0. The largest absolute Gasteiger partial charge is 0.376 e. The van der Waals surface area contributed by atoms with Gasteiger partial charge in [-0.15, -0.1) is 0 Å². The highest BCUT2D eigenvalue weighted by Crippen LogP contribution is 2.15. The van der Waals surface area contributed by atoms with Crippen molar-refractivity contribution in [2.75, 3.05) is 13.2 Å². The first kappa shape index (κ1) is 15.5. The Morgan fingerprint density at radius 3 is 2.96 bits per heavy atom. The highest BCUT2D eigenvalue weighted by atomic mass is 16.5. The number of carbonyl (C=O) groups is 1. The molecule has 7 nitrogen and oxygen atoms in total. The number of hydrogen-bond donors (Lipinski definition) is 2. The summed E-state index contributed by atoms with van der Waals surface area (Å²) < 4.78 is 7.24. The second-order valence-electron chi connectivity index (χ2n) is 5.59.